The lowest BCUT2D eigenvalue weighted by Crippen LogP contribution is -2.06. The largest absolute Gasteiger partial charge is 0.491 e. The number of nitrogens with zero attached hydrogens (tertiary/aromatic N) is 1. The first kappa shape index (κ1) is 6.84. The third kappa shape index (κ3) is 0.934. The van der Waals surface area contributed by atoms with E-state index in [-0.39, 0.29) is 11.4 Å². The topological polar surface area (TPSA) is 72.8 Å². The van der Waals surface area contributed by atoms with Crippen LogP contribution in [0.4, 0.5) is 0 Å². The third-order valence-corrected chi connectivity index (χ3v) is 1.61. The van der Waals surface area contributed by atoms with Crippen molar-refractivity contribution in [1.82, 2.24) is 9.97 Å². The van der Waals surface area contributed by atoms with Crippen molar-refractivity contribution in [2.75, 3.05) is 0 Å². The summed E-state index contributed by atoms with van der Waals surface area (Å²) in [7, 11) is 0. The van der Waals surface area contributed by atoms with Crippen LogP contribution in [0.2, 0.25) is 0 Å². The van der Waals surface area contributed by atoms with Crippen molar-refractivity contribution in [2.24, 2.45) is 0 Å². The number of aromatic amines is 1. The number of fused-ring (bicyclic) bond motifs is 1. The molecule has 12 heavy (non-hydrogen) atoms. The van der Waals surface area contributed by atoms with Gasteiger partial charge in [0.1, 0.15) is 0 Å². The van der Waals surface area contributed by atoms with E-state index in [0.29, 0.717) is 5.52 Å². The van der Waals surface area contributed by atoms with E-state index in [0.717, 1.165) is 5.52 Å². The maximum absolute atomic E-state index is 9.09. The van der Waals surface area contributed by atoms with Crippen molar-refractivity contribution in [1.29, 1.82) is 5.41 Å². The van der Waals surface area contributed by atoms with Crippen molar-refractivity contribution < 1.29 is 5.11 Å². The molecule has 0 spiro atoms. The number of hydrogen-bond acceptors (Lipinski definition) is 3. The molecule has 0 aliphatic heterocycles. The predicted octanol–water partition coefficient (Wildman–Crippen LogP) is 0.748. The molecule has 2 aromatic rings. The van der Waals surface area contributed by atoms with E-state index in [1.165, 1.54) is 0 Å². The molecule has 0 bridgehead atoms. The molecule has 60 valence electrons. The Hall–Kier alpha value is -1.84. The molecule has 4 heteroatoms. The number of H-pyrrole nitrogens is 1. The standard InChI is InChI=1S/C8H7N3O/c9-7-8(12)11-6-4-2-1-3-5(6)10-7/h1-4H,(H2,9,10)(H,11,12). The molecule has 0 atom stereocenters. The van der Waals surface area contributed by atoms with Gasteiger partial charge < -0.3 is 10.1 Å². The van der Waals surface area contributed by atoms with Crippen molar-refractivity contribution in [3.05, 3.63) is 29.8 Å². The quantitative estimate of drug-likeness (QED) is 0.533. The molecule has 1 aromatic carbocycles. The van der Waals surface area contributed by atoms with Gasteiger partial charge in [-0.3, -0.25) is 5.41 Å². The summed E-state index contributed by atoms with van der Waals surface area (Å²) in [6.45, 7) is 0. The maximum atomic E-state index is 9.09. The summed E-state index contributed by atoms with van der Waals surface area (Å²) in [5.41, 5.74) is 1.35. The summed E-state index contributed by atoms with van der Waals surface area (Å²) in [4.78, 5) is 6.52. The van der Waals surface area contributed by atoms with Crippen LogP contribution in [0.1, 0.15) is 0 Å². The molecule has 0 radical (unpaired) electrons. The summed E-state index contributed by atoms with van der Waals surface area (Å²) in [6.07, 6.45) is 0. The average Bonchev–Trinajstić information content (AvgIpc) is 2.07. The van der Waals surface area contributed by atoms with Gasteiger partial charge in [-0.1, -0.05) is 12.1 Å². The number of aromatic nitrogens is 2. The molecule has 1 heterocycles. The van der Waals surface area contributed by atoms with Crippen LogP contribution in [-0.4, -0.2) is 15.1 Å². The van der Waals surface area contributed by atoms with Gasteiger partial charge in [-0.05, 0) is 12.1 Å². The summed E-state index contributed by atoms with van der Waals surface area (Å²) >= 11 is 0. The SMILES string of the molecule is N=c1[nH]c2ccccc2nc1O. The predicted molar refractivity (Wildman–Crippen MR) is 43.6 cm³/mol. The Morgan fingerprint density at radius 1 is 1.33 bits per heavy atom. The summed E-state index contributed by atoms with van der Waals surface area (Å²) in [6, 6.07) is 7.24. The zero-order valence-electron chi connectivity index (χ0n) is 6.20. The second-order valence-electron chi connectivity index (χ2n) is 2.45. The van der Waals surface area contributed by atoms with E-state index < -0.39 is 0 Å². The Bertz CT molecular complexity index is 475. The number of para-hydroxylation sites is 2. The highest BCUT2D eigenvalue weighted by atomic mass is 16.3. The summed E-state index contributed by atoms with van der Waals surface area (Å²) in [5, 5.41) is 16.3. The zero-order chi connectivity index (χ0) is 8.55. The van der Waals surface area contributed by atoms with Gasteiger partial charge in [0.2, 0.25) is 0 Å². The molecule has 0 aliphatic carbocycles. The highest BCUT2D eigenvalue weighted by Crippen LogP contribution is 2.07. The van der Waals surface area contributed by atoms with E-state index >= 15 is 0 Å². The van der Waals surface area contributed by atoms with E-state index in [9.17, 15) is 0 Å². The van der Waals surface area contributed by atoms with Crippen LogP contribution in [0.15, 0.2) is 24.3 Å². The van der Waals surface area contributed by atoms with E-state index in [4.69, 9.17) is 10.5 Å². The fraction of sp³-hybridized carbons (Fsp3) is 0. The van der Waals surface area contributed by atoms with Gasteiger partial charge in [0.15, 0.2) is 5.49 Å². The van der Waals surface area contributed by atoms with Gasteiger partial charge in [0.25, 0.3) is 5.88 Å². The number of nitrogens with one attached hydrogen (secondary N) is 2. The van der Waals surface area contributed by atoms with Crippen LogP contribution < -0.4 is 5.49 Å². The Morgan fingerprint density at radius 3 is 2.92 bits per heavy atom. The highest BCUT2D eigenvalue weighted by molar-refractivity contribution is 5.73. The normalized spacial score (nSPS) is 10.3. The number of benzene rings is 1. The highest BCUT2D eigenvalue weighted by Gasteiger charge is 1.97. The van der Waals surface area contributed by atoms with Crippen molar-refractivity contribution in [3.8, 4) is 5.88 Å². The lowest BCUT2D eigenvalue weighted by molar-refractivity contribution is 0.443. The lowest BCUT2D eigenvalue weighted by atomic mass is 10.3. The molecular formula is C8H7N3O. The van der Waals surface area contributed by atoms with Crippen LogP contribution in [0.3, 0.4) is 0 Å². The second kappa shape index (κ2) is 2.34. The molecular weight excluding hydrogens is 154 g/mol. The van der Waals surface area contributed by atoms with E-state index in [2.05, 4.69) is 9.97 Å². The summed E-state index contributed by atoms with van der Waals surface area (Å²) < 4.78 is 0. The van der Waals surface area contributed by atoms with Crippen LogP contribution in [0.25, 0.3) is 11.0 Å². The number of rotatable bonds is 0. The molecule has 0 aliphatic rings. The van der Waals surface area contributed by atoms with Crippen LogP contribution in [0.5, 0.6) is 5.88 Å². The van der Waals surface area contributed by atoms with Crippen molar-refractivity contribution >= 4 is 11.0 Å². The Kier molecular flexibility index (Phi) is 1.33. The van der Waals surface area contributed by atoms with Gasteiger partial charge in [0.05, 0.1) is 11.0 Å². The van der Waals surface area contributed by atoms with Crippen molar-refractivity contribution in [2.45, 2.75) is 0 Å². The van der Waals surface area contributed by atoms with Crippen LogP contribution in [-0.2, 0) is 0 Å². The first-order valence-electron chi connectivity index (χ1n) is 3.50. The van der Waals surface area contributed by atoms with Crippen LogP contribution in [0, 0.1) is 5.41 Å². The molecule has 0 saturated carbocycles. The molecule has 0 amide bonds. The fourth-order valence-corrected chi connectivity index (χ4v) is 1.04. The minimum atomic E-state index is -0.270. The molecule has 3 N–H and O–H groups in total. The molecule has 0 fully saturated rings. The fourth-order valence-electron chi connectivity index (χ4n) is 1.04. The van der Waals surface area contributed by atoms with Gasteiger partial charge in [-0.2, -0.15) is 0 Å². The van der Waals surface area contributed by atoms with Gasteiger partial charge in [-0.25, -0.2) is 4.98 Å². The second-order valence-corrected chi connectivity index (χ2v) is 2.45. The minimum absolute atomic E-state index is 0.0614. The molecule has 0 saturated heterocycles. The smallest absolute Gasteiger partial charge is 0.255 e. The van der Waals surface area contributed by atoms with Crippen molar-refractivity contribution in [3.63, 3.8) is 0 Å². The Balaban J connectivity index is 2.93. The Labute approximate surface area is 68.0 Å². The van der Waals surface area contributed by atoms with E-state index in [1.807, 2.05) is 12.1 Å². The molecule has 2 rings (SSSR count). The third-order valence-electron chi connectivity index (χ3n) is 1.61. The summed E-state index contributed by atoms with van der Waals surface area (Å²) in [5.74, 6) is -0.270. The zero-order valence-corrected chi connectivity index (χ0v) is 6.20. The first-order chi connectivity index (χ1) is 5.77. The first-order valence-corrected chi connectivity index (χ1v) is 3.50. The monoisotopic (exact) mass is 161 g/mol. The molecule has 0 unspecified atom stereocenters. The van der Waals surface area contributed by atoms with Gasteiger partial charge in [-0.15, -0.1) is 0 Å². The average molecular weight is 161 g/mol. The lowest BCUT2D eigenvalue weighted by Gasteiger charge is -1.96. The molecule has 4 nitrogen and oxygen atoms in total. The van der Waals surface area contributed by atoms with Gasteiger partial charge in [0, 0.05) is 0 Å². The number of aromatic hydroxyl groups is 1. The minimum Gasteiger partial charge on any atom is -0.491 e. The van der Waals surface area contributed by atoms with E-state index in [1.54, 1.807) is 12.1 Å². The number of hydrogen-bond donors (Lipinski definition) is 3. The molecule has 1 aromatic heterocycles. The van der Waals surface area contributed by atoms with Crippen LogP contribution >= 0.6 is 0 Å². The van der Waals surface area contributed by atoms with Gasteiger partial charge >= 0.3 is 0 Å². The maximum Gasteiger partial charge on any atom is 0.255 e. The Morgan fingerprint density at radius 2 is 2.08 bits per heavy atom.